The number of carboxylic acid groups (broad SMARTS) is 1. The molecule has 6 nitrogen and oxygen atoms in total. The number of methoxy groups -OCH3 is 2. The van der Waals surface area contributed by atoms with E-state index in [2.05, 4.69) is 5.16 Å². The number of ether oxygens (including phenoxy) is 2. The van der Waals surface area contributed by atoms with Gasteiger partial charge in [0.2, 0.25) is 0 Å². The Hall–Kier alpha value is -2.50. The third-order valence-electron chi connectivity index (χ3n) is 3.70. The second kappa shape index (κ2) is 6.51. The van der Waals surface area contributed by atoms with E-state index in [-0.39, 0.29) is 0 Å². The summed E-state index contributed by atoms with van der Waals surface area (Å²) in [6.07, 6.45) is 0.291. The quantitative estimate of drug-likeness (QED) is 0.883. The maximum absolute atomic E-state index is 11.7. The summed E-state index contributed by atoms with van der Waals surface area (Å²) in [5.41, 5.74) is 2.11. The molecule has 22 heavy (non-hydrogen) atoms. The molecule has 1 atom stereocenters. The largest absolute Gasteiger partial charge is 0.497 e. The lowest BCUT2D eigenvalue weighted by Crippen LogP contribution is -2.16. The van der Waals surface area contributed by atoms with Crippen molar-refractivity contribution in [3.63, 3.8) is 0 Å². The average Bonchev–Trinajstić information content (AvgIpc) is 2.83. The van der Waals surface area contributed by atoms with E-state index in [1.54, 1.807) is 39.2 Å². The van der Waals surface area contributed by atoms with Gasteiger partial charge >= 0.3 is 5.97 Å². The van der Waals surface area contributed by atoms with Gasteiger partial charge in [0.05, 0.1) is 25.8 Å². The minimum absolute atomic E-state index is 0.291. The lowest BCUT2D eigenvalue weighted by Gasteiger charge is -2.17. The van der Waals surface area contributed by atoms with Crippen molar-refractivity contribution in [3.05, 3.63) is 40.8 Å². The van der Waals surface area contributed by atoms with Crippen LogP contribution < -0.4 is 9.47 Å². The zero-order valence-corrected chi connectivity index (χ0v) is 13.0. The van der Waals surface area contributed by atoms with Crippen molar-refractivity contribution in [2.24, 2.45) is 0 Å². The highest BCUT2D eigenvalue weighted by Crippen LogP contribution is 2.33. The van der Waals surface area contributed by atoms with Gasteiger partial charge in [0, 0.05) is 17.2 Å². The highest BCUT2D eigenvalue weighted by atomic mass is 16.5. The van der Waals surface area contributed by atoms with E-state index >= 15 is 0 Å². The Bertz CT molecular complexity index is 658. The number of aliphatic carboxylic acids is 1. The van der Waals surface area contributed by atoms with Crippen LogP contribution in [0.25, 0.3) is 0 Å². The van der Waals surface area contributed by atoms with E-state index in [4.69, 9.17) is 14.0 Å². The average molecular weight is 305 g/mol. The van der Waals surface area contributed by atoms with Gasteiger partial charge in [0.25, 0.3) is 0 Å². The second-order valence-corrected chi connectivity index (χ2v) is 5.01. The molecule has 1 N–H and O–H groups in total. The molecule has 0 saturated carbocycles. The Morgan fingerprint density at radius 3 is 2.55 bits per heavy atom. The van der Waals surface area contributed by atoms with Crippen molar-refractivity contribution in [1.82, 2.24) is 5.16 Å². The summed E-state index contributed by atoms with van der Waals surface area (Å²) in [4.78, 5) is 11.7. The lowest BCUT2D eigenvalue weighted by atomic mass is 9.90. The van der Waals surface area contributed by atoms with E-state index in [0.29, 0.717) is 34.9 Å². The summed E-state index contributed by atoms with van der Waals surface area (Å²) in [6, 6.07) is 5.12. The first-order valence-corrected chi connectivity index (χ1v) is 6.84. The van der Waals surface area contributed by atoms with Gasteiger partial charge in [-0.1, -0.05) is 11.2 Å². The lowest BCUT2D eigenvalue weighted by molar-refractivity contribution is -0.138. The summed E-state index contributed by atoms with van der Waals surface area (Å²) in [6.45, 7) is 3.58. The molecule has 1 unspecified atom stereocenters. The van der Waals surface area contributed by atoms with Gasteiger partial charge in [-0.15, -0.1) is 0 Å². The molecule has 0 aliphatic carbocycles. The van der Waals surface area contributed by atoms with Crippen LogP contribution in [0.5, 0.6) is 11.5 Å². The molecule has 2 rings (SSSR count). The standard InChI is InChI=1S/C16H19NO5/c1-9-13(10(2)22-17-9)8-14(16(18)19)12-6-5-11(20-3)7-15(12)21-4/h5-7,14H,8H2,1-4H3,(H,18,19). The zero-order chi connectivity index (χ0) is 16.3. The number of nitrogens with zero attached hydrogens (tertiary/aromatic N) is 1. The predicted molar refractivity (Wildman–Crippen MR) is 79.6 cm³/mol. The fourth-order valence-corrected chi connectivity index (χ4v) is 2.43. The Balaban J connectivity index is 2.42. The van der Waals surface area contributed by atoms with Gasteiger partial charge in [-0.25, -0.2) is 0 Å². The molecule has 2 aromatic rings. The first-order chi connectivity index (χ1) is 10.5. The van der Waals surface area contributed by atoms with E-state index in [1.807, 2.05) is 0 Å². The maximum atomic E-state index is 11.7. The molecule has 1 aromatic heterocycles. The van der Waals surface area contributed by atoms with Crippen LogP contribution in [0.1, 0.15) is 28.5 Å². The SMILES string of the molecule is COc1ccc(C(Cc2c(C)noc2C)C(=O)O)c(OC)c1. The Morgan fingerprint density at radius 1 is 1.32 bits per heavy atom. The molecule has 0 radical (unpaired) electrons. The normalized spacial score (nSPS) is 12.0. The number of benzene rings is 1. The third-order valence-corrected chi connectivity index (χ3v) is 3.70. The molecule has 1 aromatic carbocycles. The number of hydrogen-bond donors (Lipinski definition) is 1. The van der Waals surface area contributed by atoms with Crippen LogP contribution in [-0.4, -0.2) is 30.5 Å². The molecule has 0 bridgehead atoms. The van der Waals surface area contributed by atoms with Gasteiger partial charge in [0.15, 0.2) is 0 Å². The number of hydrogen-bond acceptors (Lipinski definition) is 5. The predicted octanol–water partition coefficient (Wildman–Crippen LogP) is 2.72. The summed E-state index contributed by atoms with van der Waals surface area (Å²) in [5, 5.41) is 13.5. The number of aryl methyl sites for hydroxylation is 2. The molecule has 0 aliphatic rings. The number of rotatable bonds is 6. The molecule has 6 heteroatoms. The zero-order valence-electron chi connectivity index (χ0n) is 13.0. The van der Waals surface area contributed by atoms with Gasteiger partial charge in [-0.3, -0.25) is 4.79 Å². The molecule has 0 amide bonds. The summed E-state index contributed by atoms with van der Waals surface area (Å²) >= 11 is 0. The monoisotopic (exact) mass is 305 g/mol. The first kappa shape index (κ1) is 15.9. The molecule has 0 saturated heterocycles. The Morgan fingerprint density at radius 2 is 2.05 bits per heavy atom. The van der Waals surface area contributed by atoms with Gasteiger partial charge < -0.3 is 19.1 Å². The third kappa shape index (κ3) is 3.05. The molecule has 118 valence electrons. The van der Waals surface area contributed by atoms with Crippen LogP contribution in [0, 0.1) is 13.8 Å². The van der Waals surface area contributed by atoms with E-state index in [9.17, 15) is 9.90 Å². The number of carbonyl (C=O) groups is 1. The van der Waals surface area contributed by atoms with E-state index in [0.717, 1.165) is 5.56 Å². The van der Waals surface area contributed by atoms with Crippen molar-refractivity contribution in [1.29, 1.82) is 0 Å². The number of aromatic nitrogens is 1. The molecular formula is C16H19NO5. The van der Waals surface area contributed by atoms with Crippen molar-refractivity contribution in [3.8, 4) is 11.5 Å². The summed E-state index contributed by atoms with van der Waals surface area (Å²) in [7, 11) is 3.06. The Labute approximate surface area is 128 Å². The second-order valence-electron chi connectivity index (χ2n) is 5.01. The van der Waals surface area contributed by atoms with Crippen molar-refractivity contribution in [2.75, 3.05) is 14.2 Å². The highest BCUT2D eigenvalue weighted by Gasteiger charge is 2.27. The Kier molecular flexibility index (Phi) is 4.70. The highest BCUT2D eigenvalue weighted by molar-refractivity contribution is 5.78. The molecule has 0 fully saturated rings. The van der Waals surface area contributed by atoms with Crippen LogP contribution in [0.4, 0.5) is 0 Å². The molecule has 0 aliphatic heterocycles. The van der Waals surface area contributed by atoms with Crippen LogP contribution >= 0.6 is 0 Å². The minimum Gasteiger partial charge on any atom is -0.497 e. The van der Waals surface area contributed by atoms with Crippen LogP contribution in [0.3, 0.4) is 0 Å². The number of carboxylic acids is 1. The van der Waals surface area contributed by atoms with Crippen molar-refractivity contribution in [2.45, 2.75) is 26.2 Å². The van der Waals surface area contributed by atoms with E-state index in [1.165, 1.54) is 7.11 Å². The van der Waals surface area contributed by atoms with Gasteiger partial charge in [-0.2, -0.15) is 0 Å². The fraction of sp³-hybridized carbons (Fsp3) is 0.375. The fourth-order valence-electron chi connectivity index (χ4n) is 2.43. The molecular weight excluding hydrogens is 286 g/mol. The molecule has 1 heterocycles. The van der Waals surface area contributed by atoms with Crippen LogP contribution in [0.2, 0.25) is 0 Å². The van der Waals surface area contributed by atoms with Crippen molar-refractivity contribution < 1.29 is 23.9 Å². The van der Waals surface area contributed by atoms with Crippen LogP contribution in [-0.2, 0) is 11.2 Å². The smallest absolute Gasteiger partial charge is 0.311 e. The summed E-state index contributed by atoms with van der Waals surface area (Å²) < 4.78 is 15.6. The maximum Gasteiger partial charge on any atom is 0.311 e. The van der Waals surface area contributed by atoms with Crippen LogP contribution in [0.15, 0.2) is 22.7 Å². The molecule has 0 spiro atoms. The van der Waals surface area contributed by atoms with Gasteiger partial charge in [0.1, 0.15) is 17.3 Å². The van der Waals surface area contributed by atoms with E-state index < -0.39 is 11.9 Å². The van der Waals surface area contributed by atoms with Crippen molar-refractivity contribution >= 4 is 5.97 Å². The first-order valence-electron chi connectivity index (χ1n) is 6.84. The minimum atomic E-state index is -0.927. The van der Waals surface area contributed by atoms with Gasteiger partial charge in [-0.05, 0) is 26.3 Å². The topological polar surface area (TPSA) is 81.8 Å². The summed E-state index contributed by atoms with van der Waals surface area (Å²) in [5.74, 6) is 0.0536.